The van der Waals surface area contributed by atoms with E-state index in [4.69, 9.17) is 4.74 Å². The topological polar surface area (TPSA) is 50.7 Å². The Balaban J connectivity index is 2.69. The molecule has 0 saturated heterocycles. The maximum atomic E-state index is 12.3. The van der Waals surface area contributed by atoms with Gasteiger partial charge < -0.3 is 19.9 Å². The molecule has 4 nitrogen and oxygen atoms in total. The molecular weight excluding hydrogens is 256 g/mol. The van der Waals surface area contributed by atoms with E-state index < -0.39 is 12.2 Å². The van der Waals surface area contributed by atoms with Crippen LogP contribution in [0.5, 0.6) is 11.5 Å². The summed E-state index contributed by atoms with van der Waals surface area (Å²) in [5.41, 5.74) is -0.0601. The van der Waals surface area contributed by atoms with E-state index in [1.54, 1.807) is 26.0 Å². The van der Waals surface area contributed by atoms with Gasteiger partial charge in [0.1, 0.15) is 0 Å². The van der Waals surface area contributed by atoms with Crippen molar-refractivity contribution in [3.05, 3.63) is 23.8 Å². The van der Waals surface area contributed by atoms with Gasteiger partial charge in [-0.3, -0.25) is 0 Å². The highest BCUT2D eigenvalue weighted by Gasteiger charge is 2.13. The number of benzene rings is 1. The van der Waals surface area contributed by atoms with Crippen molar-refractivity contribution in [3.63, 3.8) is 0 Å². The molecule has 0 atom stereocenters. The smallest absolute Gasteiger partial charge is 0.387 e. The normalized spacial score (nSPS) is 11.7. The van der Waals surface area contributed by atoms with E-state index in [1.807, 2.05) is 0 Å². The first-order valence-electron chi connectivity index (χ1n) is 5.86. The van der Waals surface area contributed by atoms with Crippen molar-refractivity contribution in [2.24, 2.45) is 0 Å². The minimum absolute atomic E-state index is 0.0000543. The van der Waals surface area contributed by atoms with E-state index in [-0.39, 0.29) is 11.5 Å². The van der Waals surface area contributed by atoms with Crippen LogP contribution in [-0.2, 0) is 6.54 Å². The van der Waals surface area contributed by atoms with Crippen LogP contribution in [0, 0.1) is 0 Å². The molecule has 19 heavy (non-hydrogen) atoms. The van der Waals surface area contributed by atoms with Gasteiger partial charge in [-0.25, -0.2) is 0 Å². The number of rotatable bonds is 7. The maximum absolute atomic E-state index is 12.3. The first kappa shape index (κ1) is 15.7. The van der Waals surface area contributed by atoms with E-state index in [0.717, 1.165) is 5.56 Å². The molecular formula is C13H19F2NO3. The number of halogens is 2. The molecule has 1 aromatic rings. The molecule has 0 saturated carbocycles. The monoisotopic (exact) mass is 275 g/mol. The fourth-order valence-electron chi connectivity index (χ4n) is 1.53. The van der Waals surface area contributed by atoms with Gasteiger partial charge >= 0.3 is 6.61 Å². The summed E-state index contributed by atoms with van der Waals surface area (Å²) >= 11 is 0. The standard InChI is InChI=1S/C13H19F2NO3/c1-13(2,17)8-16-7-9-4-5-10(18-3)11(6-9)19-12(14)15/h4-6,12,16-17H,7-8H2,1-3H3. The quantitative estimate of drug-likeness (QED) is 0.800. The zero-order valence-corrected chi connectivity index (χ0v) is 11.2. The van der Waals surface area contributed by atoms with Gasteiger partial charge in [0, 0.05) is 13.1 Å². The fraction of sp³-hybridized carbons (Fsp3) is 0.538. The second kappa shape index (κ2) is 6.68. The van der Waals surface area contributed by atoms with Crippen LogP contribution < -0.4 is 14.8 Å². The van der Waals surface area contributed by atoms with Crippen molar-refractivity contribution in [1.82, 2.24) is 5.32 Å². The van der Waals surface area contributed by atoms with E-state index in [1.165, 1.54) is 13.2 Å². The predicted molar refractivity (Wildman–Crippen MR) is 67.6 cm³/mol. The number of nitrogens with one attached hydrogen (secondary N) is 1. The number of ether oxygens (including phenoxy) is 2. The highest BCUT2D eigenvalue weighted by molar-refractivity contribution is 5.42. The van der Waals surface area contributed by atoms with Crippen LogP contribution in [0.15, 0.2) is 18.2 Å². The summed E-state index contributed by atoms with van der Waals surface area (Å²) in [6.07, 6.45) is 0. The molecule has 0 aromatic heterocycles. The molecule has 0 bridgehead atoms. The summed E-state index contributed by atoms with van der Waals surface area (Å²) in [5.74, 6) is 0.256. The van der Waals surface area contributed by atoms with Crippen LogP contribution in [0.25, 0.3) is 0 Å². The van der Waals surface area contributed by atoms with Gasteiger partial charge in [0.05, 0.1) is 12.7 Å². The Labute approximate surface area is 111 Å². The van der Waals surface area contributed by atoms with Gasteiger partial charge in [-0.15, -0.1) is 0 Å². The Morgan fingerprint density at radius 1 is 1.32 bits per heavy atom. The Bertz CT molecular complexity index is 405. The first-order chi connectivity index (χ1) is 8.81. The Hall–Kier alpha value is -1.40. The first-order valence-corrected chi connectivity index (χ1v) is 5.86. The van der Waals surface area contributed by atoms with Crippen LogP contribution in [0.2, 0.25) is 0 Å². The Morgan fingerprint density at radius 3 is 2.53 bits per heavy atom. The largest absolute Gasteiger partial charge is 0.493 e. The minimum Gasteiger partial charge on any atom is -0.493 e. The molecule has 0 aliphatic rings. The van der Waals surface area contributed by atoms with Crippen LogP contribution in [0.4, 0.5) is 8.78 Å². The molecule has 6 heteroatoms. The van der Waals surface area contributed by atoms with Gasteiger partial charge in [0.15, 0.2) is 11.5 Å². The minimum atomic E-state index is -2.89. The molecule has 108 valence electrons. The molecule has 1 aromatic carbocycles. The molecule has 0 aliphatic heterocycles. The highest BCUT2D eigenvalue weighted by atomic mass is 19.3. The molecule has 0 heterocycles. The van der Waals surface area contributed by atoms with E-state index in [0.29, 0.717) is 13.1 Å². The second-order valence-corrected chi connectivity index (χ2v) is 4.78. The third-order valence-corrected chi connectivity index (χ3v) is 2.33. The van der Waals surface area contributed by atoms with Gasteiger partial charge in [-0.05, 0) is 31.5 Å². The van der Waals surface area contributed by atoms with Crippen molar-refractivity contribution in [3.8, 4) is 11.5 Å². The molecule has 0 amide bonds. The van der Waals surface area contributed by atoms with Gasteiger partial charge in [0.2, 0.25) is 0 Å². The summed E-state index contributed by atoms with van der Waals surface area (Å²) in [5, 5.41) is 12.6. The van der Waals surface area contributed by atoms with Gasteiger partial charge in [-0.2, -0.15) is 8.78 Å². The molecule has 0 spiro atoms. The number of methoxy groups -OCH3 is 1. The highest BCUT2D eigenvalue weighted by Crippen LogP contribution is 2.29. The van der Waals surface area contributed by atoms with Crippen molar-refractivity contribution >= 4 is 0 Å². The second-order valence-electron chi connectivity index (χ2n) is 4.78. The lowest BCUT2D eigenvalue weighted by Crippen LogP contribution is -2.34. The van der Waals surface area contributed by atoms with Crippen molar-refractivity contribution in [2.75, 3.05) is 13.7 Å². The summed E-state index contributed by atoms with van der Waals surface area (Å²) in [6, 6.07) is 4.80. The molecule has 2 N–H and O–H groups in total. The Morgan fingerprint density at radius 2 is 2.00 bits per heavy atom. The van der Waals surface area contributed by atoms with Crippen molar-refractivity contribution in [2.45, 2.75) is 32.6 Å². The average molecular weight is 275 g/mol. The van der Waals surface area contributed by atoms with Crippen LogP contribution >= 0.6 is 0 Å². The molecule has 0 fully saturated rings. The summed E-state index contributed by atoms with van der Waals surface area (Å²) in [6.45, 7) is 1.30. The third-order valence-electron chi connectivity index (χ3n) is 2.33. The predicted octanol–water partition coefficient (Wildman–Crippen LogP) is 2.16. The van der Waals surface area contributed by atoms with E-state index >= 15 is 0 Å². The fourth-order valence-corrected chi connectivity index (χ4v) is 1.53. The zero-order valence-electron chi connectivity index (χ0n) is 11.2. The maximum Gasteiger partial charge on any atom is 0.387 e. The van der Waals surface area contributed by atoms with Crippen LogP contribution in [0.3, 0.4) is 0 Å². The molecule has 0 unspecified atom stereocenters. The lowest BCUT2D eigenvalue weighted by atomic mass is 10.1. The van der Waals surface area contributed by atoms with E-state index in [2.05, 4.69) is 10.1 Å². The lowest BCUT2D eigenvalue weighted by Gasteiger charge is -2.18. The zero-order chi connectivity index (χ0) is 14.5. The molecule has 1 rings (SSSR count). The third kappa shape index (κ3) is 5.85. The molecule has 0 aliphatic carbocycles. The molecule has 0 radical (unpaired) electrons. The Kier molecular flexibility index (Phi) is 5.50. The summed E-state index contributed by atoms with van der Waals surface area (Å²) in [7, 11) is 1.39. The van der Waals surface area contributed by atoms with Crippen molar-refractivity contribution < 1.29 is 23.4 Å². The number of hydrogen-bond donors (Lipinski definition) is 2. The lowest BCUT2D eigenvalue weighted by molar-refractivity contribution is -0.0512. The average Bonchev–Trinajstić information content (AvgIpc) is 2.27. The summed E-state index contributed by atoms with van der Waals surface area (Å²) in [4.78, 5) is 0. The SMILES string of the molecule is COc1ccc(CNCC(C)(C)O)cc1OC(F)F. The summed E-state index contributed by atoms with van der Waals surface area (Å²) < 4.78 is 33.8. The van der Waals surface area contributed by atoms with Crippen molar-refractivity contribution in [1.29, 1.82) is 0 Å². The number of alkyl halides is 2. The van der Waals surface area contributed by atoms with Crippen LogP contribution in [0.1, 0.15) is 19.4 Å². The number of hydrogen-bond acceptors (Lipinski definition) is 4. The van der Waals surface area contributed by atoms with E-state index in [9.17, 15) is 13.9 Å². The number of aliphatic hydroxyl groups is 1. The van der Waals surface area contributed by atoms with Gasteiger partial charge in [0.25, 0.3) is 0 Å². The van der Waals surface area contributed by atoms with Gasteiger partial charge in [-0.1, -0.05) is 6.07 Å². The van der Waals surface area contributed by atoms with Crippen LogP contribution in [-0.4, -0.2) is 31.0 Å².